The molecule has 1 aliphatic rings. The highest BCUT2D eigenvalue weighted by Gasteiger charge is 2.22. The van der Waals surface area contributed by atoms with Crippen LogP contribution in [0.4, 0.5) is 5.69 Å². The Morgan fingerprint density at radius 2 is 1.36 bits per heavy atom. The van der Waals surface area contributed by atoms with Crippen LogP contribution in [-0.2, 0) is 0 Å². The molecule has 0 radical (unpaired) electrons. The summed E-state index contributed by atoms with van der Waals surface area (Å²) in [5.74, 6) is 2.45. The second-order valence-corrected chi connectivity index (χ2v) is 13.9. The standard InChI is InChI=1S/C45H42N4O/c1-28-19-32(5)45(33(6)20-28)34-17-18-46-44(23-34)49-41-14-9-8-13-38(41)39-16-15-37(25-42(39)49)50-36-12-10-11-35(24-36)48-26-43(47(7)27-48)40-22-30(3)29(2)21-31(40)4/h8-26H,27H2,1-7H3. The van der Waals surface area contributed by atoms with Crippen molar-refractivity contribution in [1.29, 1.82) is 0 Å². The van der Waals surface area contributed by atoms with Crippen molar-refractivity contribution in [3.05, 3.63) is 154 Å². The molecule has 0 saturated heterocycles. The van der Waals surface area contributed by atoms with Crippen molar-refractivity contribution < 1.29 is 4.74 Å². The van der Waals surface area contributed by atoms with E-state index in [4.69, 9.17) is 9.72 Å². The van der Waals surface area contributed by atoms with E-state index >= 15 is 0 Å². The predicted octanol–water partition coefficient (Wildman–Crippen LogP) is 11.2. The fourth-order valence-corrected chi connectivity index (χ4v) is 7.71. The third-order valence-corrected chi connectivity index (χ3v) is 10.1. The number of ether oxygens (including phenoxy) is 1. The summed E-state index contributed by atoms with van der Waals surface area (Å²) in [5.41, 5.74) is 15.9. The average molecular weight is 655 g/mol. The molecule has 1 aliphatic heterocycles. The number of anilines is 1. The van der Waals surface area contributed by atoms with Gasteiger partial charge in [-0.2, -0.15) is 0 Å². The lowest BCUT2D eigenvalue weighted by Crippen LogP contribution is -2.23. The van der Waals surface area contributed by atoms with E-state index in [0.29, 0.717) is 0 Å². The van der Waals surface area contributed by atoms with Crippen LogP contribution in [0.2, 0.25) is 0 Å². The van der Waals surface area contributed by atoms with Crippen LogP contribution >= 0.6 is 0 Å². The van der Waals surface area contributed by atoms with E-state index < -0.39 is 0 Å². The predicted molar refractivity (Wildman–Crippen MR) is 208 cm³/mol. The minimum atomic E-state index is 0.769. The Labute approximate surface area is 294 Å². The van der Waals surface area contributed by atoms with Crippen molar-refractivity contribution >= 4 is 33.2 Å². The molecule has 0 unspecified atom stereocenters. The van der Waals surface area contributed by atoms with Crippen molar-refractivity contribution in [2.45, 2.75) is 41.5 Å². The first kappa shape index (κ1) is 31.5. The molecule has 5 aromatic carbocycles. The van der Waals surface area contributed by atoms with Gasteiger partial charge in [-0.25, -0.2) is 4.98 Å². The van der Waals surface area contributed by atoms with Gasteiger partial charge in [0.15, 0.2) is 0 Å². The number of nitrogens with zero attached hydrogens (tertiary/aromatic N) is 4. The van der Waals surface area contributed by atoms with Gasteiger partial charge in [-0.3, -0.25) is 4.57 Å². The molecule has 0 bridgehead atoms. The Hall–Kier alpha value is -5.81. The molecule has 248 valence electrons. The molecular formula is C45H42N4O. The highest BCUT2D eigenvalue weighted by atomic mass is 16.5. The quantitative estimate of drug-likeness (QED) is 0.179. The van der Waals surface area contributed by atoms with Crippen molar-refractivity contribution in [2.24, 2.45) is 0 Å². The largest absolute Gasteiger partial charge is 0.457 e. The van der Waals surface area contributed by atoms with Crippen LogP contribution in [0, 0.1) is 41.5 Å². The zero-order valence-electron chi connectivity index (χ0n) is 29.9. The zero-order valence-corrected chi connectivity index (χ0v) is 29.9. The number of hydrogen-bond acceptors (Lipinski definition) is 4. The van der Waals surface area contributed by atoms with E-state index in [1.165, 1.54) is 55.6 Å². The molecule has 5 nitrogen and oxygen atoms in total. The van der Waals surface area contributed by atoms with E-state index in [0.717, 1.165) is 51.7 Å². The van der Waals surface area contributed by atoms with Crippen molar-refractivity contribution in [2.75, 3.05) is 18.6 Å². The molecule has 50 heavy (non-hydrogen) atoms. The van der Waals surface area contributed by atoms with Gasteiger partial charge < -0.3 is 14.5 Å². The molecule has 0 fully saturated rings. The molecule has 0 aliphatic carbocycles. The number of benzene rings is 5. The average Bonchev–Trinajstić information content (AvgIpc) is 3.63. The molecule has 0 spiro atoms. The Balaban J connectivity index is 1.15. The fraction of sp³-hybridized carbons (Fsp3) is 0.178. The van der Waals surface area contributed by atoms with E-state index in [9.17, 15) is 0 Å². The van der Waals surface area contributed by atoms with Crippen LogP contribution in [0.15, 0.2) is 116 Å². The van der Waals surface area contributed by atoms with Gasteiger partial charge in [0.25, 0.3) is 0 Å². The van der Waals surface area contributed by atoms with Crippen LogP contribution in [0.1, 0.15) is 38.9 Å². The summed E-state index contributed by atoms with van der Waals surface area (Å²) in [6.07, 6.45) is 4.17. The maximum Gasteiger partial charge on any atom is 0.138 e. The molecule has 3 heterocycles. The molecule has 5 heteroatoms. The van der Waals surface area contributed by atoms with Gasteiger partial charge in [0.1, 0.15) is 17.3 Å². The van der Waals surface area contributed by atoms with E-state index in [1.807, 2.05) is 12.3 Å². The lowest BCUT2D eigenvalue weighted by molar-refractivity contribution is 0.482. The summed E-state index contributed by atoms with van der Waals surface area (Å²) >= 11 is 0. The van der Waals surface area contributed by atoms with Gasteiger partial charge in [0.05, 0.1) is 23.4 Å². The van der Waals surface area contributed by atoms with Crippen molar-refractivity contribution in [1.82, 2.24) is 14.5 Å². The summed E-state index contributed by atoms with van der Waals surface area (Å²) in [7, 11) is 2.16. The summed E-state index contributed by atoms with van der Waals surface area (Å²) in [6, 6.07) is 36.7. The van der Waals surface area contributed by atoms with E-state index in [-0.39, 0.29) is 0 Å². The molecular weight excluding hydrogens is 613 g/mol. The number of aromatic nitrogens is 2. The lowest BCUT2D eigenvalue weighted by Gasteiger charge is -2.21. The second-order valence-electron chi connectivity index (χ2n) is 13.9. The SMILES string of the molecule is Cc1cc(C)c(-c2ccnc(-n3c4ccccc4c4ccc(Oc5cccc(N6C=C(c7cc(C)c(C)cc7C)N(C)C6)c5)cc43)c2)c(C)c1. The number of para-hydroxylation sites is 1. The third-order valence-electron chi connectivity index (χ3n) is 10.1. The maximum atomic E-state index is 6.60. The van der Waals surface area contributed by atoms with Crippen LogP contribution in [-0.4, -0.2) is 28.2 Å². The normalized spacial score (nSPS) is 13.1. The van der Waals surface area contributed by atoms with Crippen LogP contribution < -0.4 is 9.64 Å². The first-order chi connectivity index (χ1) is 24.1. The number of aryl methyl sites for hydroxylation is 6. The van der Waals surface area contributed by atoms with Gasteiger partial charge in [-0.1, -0.05) is 48.0 Å². The summed E-state index contributed by atoms with van der Waals surface area (Å²) in [5, 5.41) is 2.35. The number of hydrogen-bond donors (Lipinski definition) is 0. The monoisotopic (exact) mass is 654 g/mol. The number of pyridine rings is 1. The van der Waals surface area contributed by atoms with E-state index in [2.05, 4.69) is 166 Å². The van der Waals surface area contributed by atoms with E-state index in [1.54, 1.807) is 0 Å². The van der Waals surface area contributed by atoms with Crippen LogP contribution in [0.5, 0.6) is 11.5 Å². The van der Waals surface area contributed by atoms with Crippen LogP contribution in [0.25, 0.3) is 44.4 Å². The molecule has 2 aromatic heterocycles. The zero-order chi connectivity index (χ0) is 34.7. The molecule has 7 aromatic rings. The summed E-state index contributed by atoms with van der Waals surface area (Å²) in [6.45, 7) is 13.9. The van der Waals surface area contributed by atoms with Gasteiger partial charge >= 0.3 is 0 Å². The Morgan fingerprint density at radius 3 is 2.18 bits per heavy atom. The highest BCUT2D eigenvalue weighted by Crippen LogP contribution is 2.38. The first-order valence-corrected chi connectivity index (χ1v) is 17.3. The highest BCUT2D eigenvalue weighted by molar-refractivity contribution is 6.09. The molecule has 0 N–H and O–H groups in total. The molecule has 0 amide bonds. The first-order valence-electron chi connectivity index (χ1n) is 17.3. The second kappa shape index (κ2) is 12.3. The minimum absolute atomic E-state index is 0.769. The molecule has 0 saturated carbocycles. The summed E-state index contributed by atoms with van der Waals surface area (Å²) < 4.78 is 8.86. The van der Waals surface area contributed by atoms with Gasteiger partial charge in [0, 0.05) is 53.6 Å². The third kappa shape index (κ3) is 5.49. The Bertz CT molecular complexity index is 2460. The topological polar surface area (TPSA) is 33.5 Å². The Kier molecular flexibility index (Phi) is 7.71. The number of fused-ring (bicyclic) bond motifs is 3. The summed E-state index contributed by atoms with van der Waals surface area (Å²) in [4.78, 5) is 9.50. The fourth-order valence-electron chi connectivity index (χ4n) is 7.71. The van der Waals surface area contributed by atoms with Crippen LogP contribution in [0.3, 0.4) is 0 Å². The van der Waals surface area contributed by atoms with Gasteiger partial charge in [-0.05, 0) is 129 Å². The number of rotatable bonds is 6. The van der Waals surface area contributed by atoms with Gasteiger partial charge in [0.2, 0.25) is 0 Å². The Morgan fingerprint density at radius 1 is 0.620 bits per heavy atom. The smallest absolute Gasteiger partial charge is 0.138 e. The van der Waals surface area contributed by atoms with Crippen molar-refractivity contribution in [3.63, 3.8) is 0 Å². The molecule has 0 atom stereocenters. The van der Waals surface area contributed by atoms with Crippen molar-refractivity contribution in [3.8, 4) is 28.4 Å². The maximum absolute atomic E-state index is 6.60. The molecule has 8 rings (SSSR count). The minimum Gasteiger partial charge on any atom is -0.457 e. The van der Waals surface area contributed by atoms with Gasteiger partial charge in [-0.15, -0.1) is 0 Å². The lowest BCUT2D eigenvalue weighted by atomic mass is 9.94.